The number of hydrogen-bond donors (Lipinski definition) is 1. The van der Waals surface area contributed by atoms with Gasteiger partial charge in [0.05, 0.1) is 0 Å². The Balaban J connectivity index is 2.02. The number of halogens is 1. The smallest absolute Gasteiger partial charge is 0.270 e. The first-order valence-electron chi connectivity index (χ1n) is 6.79. The van der Waals surface area contributed by atoms with Gasteiger partial charge in [-0.1, -0.05) is 0 Å². The van der Waals surface area contributed by atoms with Gasteiger partial charge in [0.25, 0.3) is 5.91 Å². The van der Waals surface area contributed by atoms with Gasteiger partial charge in [0.2, 0.25) is 0 Å². The zero-order valence-electron chi connectivity index (χ0n) is 11.8. The van der Waals surface area contributed by atoms with E-state index in [1.165, 1.54) is 0 Å². The summed E-state index contributed by atoms with van der Waals surface area (Å²) in [6.45, 7) is 0. The van der Waals surface area contributed by atoms with Crippen LogP contribution < -0.4 is 5.32 Å². The second kappa shape index (κ2) is 6.09. The molecule has 1 N–H and O–H groups in total. The summed E-state index contributed by atoms with van der Waals surface area (Å²) in [4.78, 5) is 14.4. The maximum atomic E-state index is 12.5. The van der Waals surface area contributed by atoms with E-state index in [1.807, 2.05) is 42.9 Å². The van der Waals surface area contributed by atoms with Gasteiger partial charge in [-0.2, -0.15) is 0 Å². The number of nitrogens with zero attached hydrogens (tertiary/aromatic N) is 2. The Morgan fingerprint density at radius 3 is 2.53 bits per heavy atom. The van der Waals surface area contributed by atoms with Crippen LogP contribution in [0.1, 0.15) is 36.2 Å². The van der Waals surface area contributed by atoms with Gasteiger partial charge in [0.1, 0.15) is 5.69 Å². The molecule has 0 saturated heterocycles. The first-order chi connectivity index (χ1) is 9.02. The van der Waals surface area contributed by atoms with Crippen LogP contribution in [0.5, 0.6) is 0 Å². The second-order valence-electron chi connectivity index (χ2n) is 5.36. The van der Waals surface area contributed by atoms with Gasteiger partial charge < -0.3 is 14.8 Å². The van der Waals surface area contributed by atoms with E-state index in [0.29, 0.717) is 12.1 Å². The largest absolute Gasteiger partial charge is 0.345 e. The average molecular weight is 328 g/mol. The van der Waals surface area contributed by atoms with Gasteiger partial charge in [-0.15, -0.1) is 0 Å². The lowest BCUT2D eigenvalue weighted by molar-refractivity contribution is 0.0676. The van der Waals surface area contributed by atoms with Crippen LogP contribution in [0.4, 0.5) is 0 Å². The van der Waals surface area contributed by atoms with Crippen LogP contribution in [0.25, 0.3) is 0 Å². The van der Waals surface area contributed by atoms with Crippen molar-refractivity contribution < 1.29 is 4.79 Å². The van der Waals surface area contributed by atoms with E-state index >= 15 is 0 Å². The van der Waals surface area contributed by atoms with Crippen molar-refractivity contribution in [1.82, 2.24) is 14.8 Å². The Labute approximate surface area is 123 Å². The van der Waals surface area contributed by atoms with Crippen molar-refractivity contribution in [2.24, 2.45) is 7.05 Å². The molecule has 1 aromatic rings. The predicted octanol–water partition coefficient (Wildman–Crippen LogP) is 2.39. The van der Waals surface area contributed by atoms with Gasteiger partial charge >= 0.3 is 0 Å². The summed E-state index contributed by atoms with van der Waals surface area (Å²) in [6, 6.07) is 2.87. The monoisotopic (exact) mass is 327 g/mol. The molecule has 1 aliphatic rings. The summed E-state index contributed by atoms with van der Waals surface area (Å²) in [5, 5.41) is 3.32. The molecule has 4 nitrogen and oxygen atoms in total. The van der Waals surface area contributed by atoms with Crippen LogP contribution in [-0.2, 0) is 7.05 Å². The van der Waals surface area contributed by atoms with Crippen molar-refractivity contribution in [2.75, 3.05) is 14.1 Å². The van der Waals surface area contributed by atoms with Gasteiger partial charge in [-0.3, -0.25) is 4.79 Å². The summed E-state index contributed by atoms with van der Waals surface area (Å²) >= 11 is 3.41. The molecule has 0 spiro atoms. The normalized spacial score (nSPS) is 23.4. The molecular weight excluding hydrogens is 306 g/mol. The summed E-state index contributed by atoms with van der Waals surface area (Å²) in [7, 11) is 5.85. The number of carbonyl (C=O) groups is 1. The van der Waals surface area contributed by atoms with Crippen molar-refractivity contribution in [3.05, 3.63) is 22.4 Å². The standard InChI is InChI=1S/C14H22BrN3O/c1-16-11-4-6-12(7-5-11)18(3)14(19)13-8-10(15)9-17(13)2/h8-9,11-12,16H,4-7H2,1-3H3. The molecule has 5 heteroatoms. The zero-order chi connectivity index (χ0) is 14.0. The highest BCUT2D eigenvalue weighted by Gasteiger charge is 2.27. The predicted molar refractivity (Wildman–Crippen MR) is 80.3 cm³/mol. The molecule has 1 aromatic heterocycles. The summed E-state index contributed by atoms with van der Waals surface area (Å²) in [5.74, 6) is 0.112. The van der Waals surface area contributed by atoms with Crippen LogP contribution in [-0.4, -0.2) is 41.6 Å². The van der Waals surface area contributed by atoms with Crippen molar-refractivity contribution >= 4 is 21.8 Å². The molecule has 1 amide bonds. The highest BCUT2D eigenvalue weighted by Crippen LogP contribution is 2.24. The zero-order valence-corrected chi connectivity index (χ0v) is 13.4. The minimum Gasteiger partial charge on any atom is -0.345 e. The summed E-state index contributed by atoms with van der Waals surface area (Å²) < 4.78 is 2.83. The molecule has 0 radical (unpaired) electrons. The Morgan fingerprint density at radius 1 is 1.42 bits per heavy atom. The van der Waals surface area contributed by atoms with Crippen LogP contribution >= 0.6 is 15.9 Å². The van der Waals surface area contributed by atoms with Crippen molar-refractivity contribution in [1.29, 1.82) is 0 Å². The van der Waals surface area contributed by atoms with Gasteiger partial charge in [0.15, 0.2) is 0 Å². The minimum atomic E-state index is 0.112. The topological polar surface area (TPSA) is 37.3 Å². The number of aryl methyl sites for hydroxylation is 1. The van der Waals surface area contributed by atoms with Gasteiger partial charge in [-0.05, 0) is 54.7 Å². The molecule has 0 aliphatic heterocycles. The quantitative estimate of drug-likeness (QED) is 0.925. The maximum Gasteiger partial charge on any atom is 0.270 e. The Kier molecular flexibility index (Phi) is 4.68. The molecule has 0 aromatic carbocycles. The van der Waals surface area contributed by atoms with Gasteiger partial charge in [-0.25, -0.2) is 0 Å². The molecule has 1 saturated carbocycles. The molecule has 1 heterocycles. The van der Waals surface area contributed by atoms with E-state index < -0.39 is 0 Å². The maximum absolute atomic E-state index is 12.5. The fraction of sp³-hybridized carbons (Fsp3) is 0.643. The van der Waals surface area contributed by atoms with Crippen molar-refractivity contribution in [2.45, 2.75) is 37.8 Å². The molecule has 1 aliphatic carbocycles. The molecule has 0 bridgehead atoms. The third-order valence-electron chi connectivity index (χ3n) is 4.16. The SMILES string of the molecule is CNC1CCC(N(C)C(=O)c2cc(Br)cn2C)CC1. The van der Waals surface area contributed by atoms with E-state index in [2.05, 4.69) is 21.2 Å². The lowest BCUT2D eigenvalue weighted by atomic mass is 9.90. The second-order valence-corrected chi connectivity index (χ2v) is 6.28. The lowest BCUT2D eigenvalue weighted by Gasteiger charge is -2.34. The third-order valence-corrected chi connectivity index (χ3v) is 4.60. The number of carbonyl (C=O) groups excluding carboxylic acids is 1. The van der Waals surface area contributed by atoms with Crippen molar-refractivity contribution in [3.8, 4) is 0 Å². The number of rotatable bonds is 3. The van der Waals surface area contributed by atoms with Crippen LogP contribution in [0.2, 0.25) is 0 Å². The highest BCUT2D eigenvalue weighted by atomic mass is 79.9. The number of hydrogen-bond acceptors (Lipinski definition) is 2. The van der Waals surface area contributed by atoms with Crippen LogP contribution in [0.3, 0.4) is 0 Å². The molecule has 1 fully saturated rings. The van der Waals surface area contributed by atoms with Crippen molar-refractivity contribution in [3.63, 3.8) is 0 Å². The fourth-order valence-corrected chi connectivity index (χ4v) is 3.36. The number of amides is 1. The van der Waals surface area contributed by atoms with E-state index in [4.69, 9.17) is 0 Å². The van der Waals surface area contributed by atoms with Crippen LogP contribution in [0.15, 0.2) is 16.7 Å². The van der Waals surface area contributed by atoms with E-state index in [9.17, 15) is 4.79 Å². The van der Waals surface area contributed by atoms with Gasteiger partial charge in [0, 0.05) is 36.8 Å². The highest BCUT2D eigenvalue weighted by molar-refractivity contribution is 9.10. The third kappa shape index (κ3) is 3.20. The average Bonchev–Trinajstić information content (AvgIpc) is 2.76. The first kappa shape index (κ1) is 14.6. The van der Waals surface area contributed by atoms with Crippen LogP contribution in [0, 0.1) is 0 Å². The van der Waals surface area contributed by atoms with E-state index in [-0.39, 0.29) is 5.91 Å². The summed E-state index contributed by atoms with van der Waals surface area (Å²) in [6.07, 6.45) is 6.38. The number of aromatic nitrogens is 1. The Hall–Kier alpha value is -0.810. The molecule has 2 rings (SSSR count). The molecule has 106 valence electrons. The molecule has 0 unspecified atom stereocenters. The fourth-order valence-electron chi connectivity index (χ4n) is 2.84. The van der Waals surface area contributed by atoms with E-state index in [1.54, 1.807) is 0 Å². The molecular formula is C14H22BrN3O. The Morgan fingerprint density at radius 2 is 2.05 bits per heavy atom. The van der Waals surface area contributed by atoms with E-state index in [0.717, 1.165) is 35.8 Å². The number of nitrogens with one attached hydrogen (secondary N) is 1. The minimum absolute atomic E-state index is 0.112. The first-order valence-corrected chi connectivity index (χ1v) is 7.58. The lowest BCUT2D eigenvalue weighted by Crippen LogP contribution is -2.43. The summed E-state index contributed by atoms with van der Waals surface area (Å²) in [5.41, 5.74) is 0.741. The Bertz CT molecular complexity index is 450. The molecule has 0 atom stereocenters. The molecule has 19 heavy (non-hydrogen) atoms.